The Balaban J connectivity index is 1.31. The maximum Gasteiger partial charge on any atom is 0.145 e. The van der Waals surface area contributed by atoms with E-state index < -0.39 is 0 Å². The van der Waals surface area contributed by atoms with Crippen molar-refractivity contribution in [2.75, 3.05) is 26.4 Å². The predicted octanol–water partition coefficient (Wildman–Crippen LogP) is 2.83. The van der Waals surface area contributed by atoms with Crippen molar-refractivity contribution in [1.82, 2.24) is 0 Å². The largest absolute Gasteiger partial charge is 0.491 e. The summed E-state index contributed by atoms with van der Waals surface area (Å²) in [5.74, 6) is 1.81. The fraction of sp³-hybridized carbons (Fsp3) is 0.368. The van der Waals surface area contributed by atoms with Crippen LogP contribution in [0.2, 0.25) is 0 Å². The summed E-state index contributed by atoms with van der Waals surface area (Å²) in [7, 11) is 0. The lowest BCUT2D eigenvalue weighted by Crippen LogP contribution is -2.38. The molecule has 2 aliphatic rings. The summed E-state index contributed by atoms with van der Waals surface area (Å²) >= 11 is 0. The van der Waals surface area contributed by atoms with Crippen LogP contribution in [0.25, 0.3) is 0 Å². The number of benzene rings is 2. The monoisotopic (exact) mass is 312 g/mol. The molecule has 1 unspecified atom stereocenters. The standard InChI is InChI=1S/C19H20O4/c1-5-16(21-12-18-13-22-18)6-2-14(1)9-15-3-7-17(8-4-15)23-19-10-20-11-19/h1-8,18-19H,9-13H2. The van der Waals surface area contributed by atoms with Crippen LogP contribution < -0.4 is 9.47 Å². The molecule has 2 aromatic carbocycles. The van der Waals surface area contributed by atoms with Gasteiger partial charge in [-0.3, -0.25) is 0 Å². The van der Waals surface area contributed by atoms with E-state index in [0.29, 0.717) is 25.9 Å². The van der Waals surface area contributed by atoms with E-state index in [1.807, 2.05) is 24.3 Å². The lowest BCUT2D eigenvalue weighted by molar-refractivity contribution is -0.0796. The first-order chi connectivity index (χ1) is 11.3. The van der Waals surface area contributed by atoms with E-state index in [0.717, 1.165) is 24.5 Å². The Bertz CT molecular complexity index is 627. The van der Waals surface area contributed by atoms with E-state index >= 15 is 0 Å². The molecule has 23 heavy (non-hydrogen) atoms. The SMILES string of the molecule is c1cc(OCC2CO2)ccc1Cc1ccc(OC2COC2)cc1. The number of hydrogen-bond acceptors (Lipinski definition) is 4. The molecule has 2 heterocycles. The molecule has 0 spiro atoms. The third-order valence-electron chi connectivity index (χ3n) is 4.00. The van der Waals surface area contributed by atoms with Crippen LogP contribution in [-0.2, 0) is 15.9 Å². The molecule has 4 rings (SSSR count). The molecule has 2 aromatic rings. The summed E-state index contributed by atoms with van der Waals surface area (Å²) in [5, 5.41) is 0. The second-order valence-electron chi connectivity index (χ2n) is 6.01. The highest BCUT2D eigenvalue weighted by molar-refractivity contribution is 5.34. The van der Waals surface area contributed by atoms with Gasteiger partial charge in [0.1, 0.15) is 30.3 Å². The van der Waals surface area contributed by atoms with E-state index in [1.54, 1.807) is 0 Å². The lowest BCUT2D eigenvalue weighted by atomic mass is 10.0. The molecular formula is C19H20O4. The maximum absolute atomic E-state index is 5.77. The van der Waals surface area contributed by atoms with Crippen LogP contribution in [0.1, 0.15) is 11.1 Å². The molecule has 4 heteroatoms. The zero-order valence-corrected chi connectivity index (χ0v) is 12.9. The Hall–Kier alpha value is -2.04. The highest BCUT2D eigenvalue weighted by atomic mass is 16.6. The van der Waals surface area contributed by atoms with Crippen molar-refractivity contribution < 1.29 is 18.9 Å². The van der Waals surface area contributed by atoms with Crippen molar-refractivity contribution in [2.24, 2.45) is 0 Å². The highest BCUT2D eigenvalue weighted by Gasteiger charge is 2.23. The predicted molar refractivity (Wildman–Crippen MR) is 86.2 cm³/mol. The first kappa shape index (κ1) is 14.5. The molecule has 120 valence electrons. The van der Waals surface area contributed by atoms with Crippen LogP contribution in [0.3, 0.4) is 0 Å². The van der Waals surface area contributed by atoms with Crippen LogP contribution in [0.15, 0.2) is 48.5 Å². The molecule has 0 saturated carbocycles. The van der Waals surface area contributed by atoms with Gasteiger partial charge in [0, 0.05) is 0 Å². The zero-order valence-electron chi connectivity index (χ0n) is 12.9. The third-order valence-corrected chi connectivity index (χ3v) is 4.00. The van der Waals surface area contributed by atoms with Crippen LogP contribution in [0.4, 0.5) is 0 Å². The van der Waals surface area contributed by atoms with Gasteiger partial charge in [0.2, 0.25) is 0 Å². The average Bonchev–Trinajstić information content (AvgIpc) is 3.36. The lowest BCUT2D eigenvalue weighted by Gasteiger charge is -2.26. The molecule has 0 aromatic heterocycles. The van der Waals surface area contributed by atoms with E-state index in [2.05, 4.69) is 24.3 Å². The molecule has 2 saturated heterocycles. The van der Waals surface area contributed by atoms with Crippen molar-refractivity contribution in [3.8, 4) is 11.5 Å². The van der Waals surface area contributed by atoms with Gasteiger partial charge in [-0.25, -0.2) is 0 Å². The maximum atomic E-state index is 5.77. The van der Waals surface area contributed by atoms with Gasteiger partial charge in [-0.2, -0.15) is 0 Å². The minimum Gasteiger partial charge on any atom is -0.491 e. The molecule has 0 N–H and O–H groups in total. The Labute approximate surface area is 135 Å². The van der Waals surface area contributed by atoms with Gasteiger partial charge < -0.3 is 18.9 Å². The minimum atomic E-state index is 0.217. The minimum absolute atomic E-state index is 0.217. The second kappa shape index (κ2) is 6.60. The summed E-state index contributed by atoms with van der Waals surface area (Å²) in [4.78, 5) is 0. The van der Waals surface area contributed by atoms with Gasteiger partial charge in [-0.05, 0) is 41.8 Å². The average molecular weight is 312 g/mol. The van der Waals surface area contributed by atoms with Gasteiger partial charge >= 0.3 is 0 Å². The zero-order chi connectivity index (χ0) is 15.5. The number of hydrogen-bond donors (Lipinski definition) is 0. The van der Waals surface area contributed by atoms with Gasteiger partial charge in [0.05, 0.1) is 19.8 Å². The van der Waals surface area contributed by atoms with Gasteiger partial charge in [-0.15, -0.1) is 0 Å². The van der Waals surface area contributed by atoms with Gasteiger partial charge in [0.15, 0.2) is 0 Å². The molecule has 0 bridgehead atoms. The van der Waals surface area contributed by atoms with E-state index in [1.165, 1.54) is 11.1 Å². The van der Waals surface area contributed by atoms with Crippen molar-refractivity contribution in [3.05, 3.63) is 59.7 Å². The van der Waals surface area contributed by atoms with Gasteiger partial charge in [-0.1, -0.05) is 24.3 Å². The molecule has 4 nitrogen and oxygen atoms in total. The molecule has 0 amide bonds. The van der Waals surface area contributed by atoms with E-state index in [-0.39, 0.29) is 6.10 Å². The van der Waals surface area contributed by atoms with Crippen molar-refractivity contribution >= 4 is 0 Å². The van der Waals surface area contributed by atoms with Crippen molar-refractivity contribution in [1.29, 1.82) is 0 Å². The van der Waals surface area contributed by atoms with Crippen LogP contribution in [0.5, 0.6) is 11.5 Å². The van der Waals surface area contributed by atoms with E-state index in [9.17, 15) is 0 Å². The summed E-state index contributed by atoms with van der Waals surface area (Å²) in [6.07, 6.45) is 1.41. The second-order valence-corrected chi connectivity index (χ2v) is 6.01. The number of rotatable bonds is 7. The molecule has 2 aliphatic heterocycles. The van der Waals surface area contributed by atoms with Crippen LogP contribution in [0, 0.1) is 0 Å². The third kappa shape index (κ3) is 4.03. The number of epoxide rings is 1. The quantitative estimate of drug-likeness (QED) is 0.737. The Kier molecular flexibility index (Phi) is 4.18. The van der Waals surface area contributed by atoms with Crippen LogP contribution >= 0.6 is 0 Å². The van der Waals surface area contributed by atoms with E-state index in [4.69, 9.17) is 18.9 Å². The first-order valence-corrected chi connectivity index (χ1v) is 8.02. The van der Waals surface area contributed by atoms with Crippen LogP contribution in [-0.4, -0.2) is 38.6 Å². The molecule has 0 aliphatic carbocycles. The number of ether oxygens (including phenoxy) is 4. The fourth-order valence-corrected chi connectivity index (χ4v) is 2.45. The molecule has 1 atom stereocenters. The normalized spacial score (nSPS) is 19.9. The molecule has 0 radical (unpaired) electrons. The first-order valence-electron chi connectivity index (χ1n) is 8.02. The summed E-state index contributed by atoms with van der Waals surface area (Å²) in [5.41, 5.74) is 2.53. The fourth-order valence-electron chi connectivity index (χ4n) is 2.45. The Morgan fingerprint density at radius 2 is 1.43 bits per heavy atom. The summed E-state index contributed by atoms with van der Waals surface area (Å²) in [6.45, 7) is 2.87. The smallest absolute Gasteiger partial charge is 0.145 e. The van der Waals surface area contributed by atoms with Crippen molar-refractivity contribution in [3.63, 3.8) is 0 Å². The summed E-state index contributed by atoms with van der Waals surface area (Å²) < 4.78 is 21.7. The molecular weight excluding hydrogens is 292 g/mol. The topological polar surface area (TPSA) is 40.2 Å². The van der Waals surface area contributed by atoms with Crippen molar-refractivity contribution in [2.45, 2.75) is 18.6 Å². The highest BCUT2D eigenvalue weighted by Crippen LogP contribution is 2.20. The Morgan fingerprint density at radius 1 is 0.826 bits per heavy atom. The van der Waals surface area contributed by atoms with Gasteiger partial charge in [0.25, 0.3) is 0 Å². The Morgan fingerprint density at radius 3 is 1.96 bits per heavy atom. The summed E-state index contributed by atoms with van der Waals surface area (Å²) in [6, 6.07) is 16.5. The molecule has 2 fully saturated rings.